The van der Waals surface area contributed by atoms with Crippen LogP contribution in [-0.2, 0) is 0 Å². The SMILES string of the molecule is Cc1ccc2oc3c(c(=O)c2c1)C(c1cccc(OCCC(C)C)c1)N(CCCN(C)C)C3=O. The van der Waals surface area contributed by atoms with E-state index >= 15 is 0 Å². The molecule has 4 rings (SSSR count). The van der Waals surface area contributed by atoms with Gasteiger partial charge in [0.1, 0.15) is 11.3 Å². The molecule has 1 atom stereocenters. The summed E-state index contributed by atoms with van der Waals surface area (Å²) in [5.74, 6) is 1.22. The first-order valence-corrected chi connectivity index (χ1v) is 12.0. The minimum atomic E-state index is -0.500. The van der Waals surface area contributed by atoms with Crippen LogP contribution in [0.3, 0.4) is 0 Å². The second kappa shape index (κ2) is 10.0. The fourth-order valence-corrected chi connectivity index (χ4v) is 4.46. The van der Waals surface area contributed by atoms with Gasteiger partial charge in [-0.1, -0.05) is 37.6 Å². The molecule has 6 nitrogen and oxygen atoms in total. The van der Waals surface area contributed by atoms with Gasteiger partial charge in [-0.3, -0.25) is 9.59 Å². The summed E-state index contributed by atoms with van der Waals surface area (Å²) in [6, 6.07) is 12.8. The molecular weight excluding hydrogens is 428 g/mol. The lowest BCUT2D eigenvalue weighted by molar-refractivity contribution is 0.0722. The number of hydrogen-bond donors (Lipinski definition) is 0. The smallest absolute Gasteiger partial charge is 0.290 e. The second-order valence-electron chi connectivity index (χ2n) is 9.83. The summed E-state index contributed by atoms with van der Waals surface area (Å²) in [5, 5.41) is 0.510. The molecule has 1 aliphatic heterocycles. The summed E-state index contributed by atoms with van der Waals surface area (Å²) in [6.45, 7) is 8.27. The van der Waals surface area contributed by atoms with Gasteiger partial charge >= 0.3 is 0 Å². The largest absolute Gasteiger partial charge is 0.494 e. The zero-order valence-corrected chi connectivity index (χ0v) is 20.8. The highest BCUT2D eigenvalue weighted by atomic mass is 16.5. The van der Waals surface area contributed by atoms with E-state index < -0.39 is 6.04 Å². The molecule has 0 saturated carbocycles. The number of ether oxygens (including phenoxy) is 1. The topological polar surface area (TPSA) is 63.0 Å². The molecular formula is C28H34N2O4. The van der Waals surface area contributed by atoms with Crippen molar-refractivity contribution < 1.29 is 13.9 Å². The van der Waals surface area contributed by atoms with Crippen LogP contribution in [0.4, 0.5) is 0 Å². The molecule has 3 aromatic rings. The van der Waals surface area contributed by atoms with Crippen molar-refractivity contribution in [2.45, 2.75) is 39.7 Å². The Bertz CT molecular complexity index is 1240. The lowest BCUT2D eigenvalue weighted by atomic mass is 9.98. The first-order chi connectivity index (χ1) is 16.3. The van der Waals surface area contributed by atoms with Crippen LogP contribution in [0.15, 0.2) is 51.7 Å². The van der Waals surface area contributed by atoms with Crippen molar-refractivity contribution in [3.8, 4) is 5.75 Å². The predicted octanol–water partition coefficient (Wildman–Crippen LogP) is 5.02. The molecule has 0 radical (unpaired) electrons. The van der Waals surface area contributed by atoms with Gasteiger partial charge in [0.2, 0.25) is 5.76 Å². The number of fused-ring (bicyclic) bond motifs is 2. The molecule has 1 unspecified atom stereocenters. The Hall–Kier alpha value is -3.12. The quantitative estimate of drug-likeness (QED) is 0.447. The van der Waals surface area contributed by atoms with Crippen molar-refractivity contribution in [1.29, 1.82) is 0 Å². The Morgan fingerprint density at radius 2 is 1.91 bits per heavy atom. The standard InChI is InChI=1S/C28H34N2O4/c1-18(2)12-15-33-21-9-6-8-20(17-21)25-24-26(31)22-16-19(3)10-11-23(22)34-27(24)28(32)30(25)14-7-13-29(4)5/h6,8-11,16-18,25H,7,12-15H2,1-5H3. The molecule has 6 heteroatoms. The zero-order chi connectivity index (χ0) is 24.4. The van der Waals surface area contributed by atoms with Crippen LogP contribution in [-0.4, -0.2) is 49.5 Å². The van der Waals surface area contributed by atoms with Crippen molar-refractivity contribution >= 4 is 16.9 Å². The Balaban J connectivity index is 1.78. The zero-order valence-electron chi connectivity index (χ0n) is 20.8. The first-order valence-electron chi connectivity index (χ1n) is 12.0. The lowest BCUT2D eigenvalue weighted by Crippen LogP contribution is -2.32. The fraction of sp³-hybridized carbons (Fsp3) is 0.429. The normalized spacial score (nSPS) is 15.6. The van der Waals surface area contributed by atoms with Crippen LogP contribution < -0.4 is 10.2 Å². The van der Waals surface area contributed by atoms with Crippen molar-refractivity contribution in [2.24, 2.45) is 5.92 Å². The van der Waals surface area contributed by atoms with E-state index in [-0.39, 0.29) is 17.1 Å². The molecule has 2 heterocycles. The van der Waals surface area contributed by atoms with Gasteiger partial charge in [-0.15, -0.1) is 0 Å². The average Bonchev–Trinajstić information content (AvgIpc) is 3.06. The summed E-state index contributed by atoms with van der Waals surface area (Å²) < 4.78 is 12.0. The maximum Gasteiger partial charge on any atom is 0.290 e. The Kier molecular flexibility index (Phi) is 7.08. The van der Waals surface area contributed by atoms with E-state index in [9.17, 15) is 9.59 Å². The predicted molar refractivity (Wildman–Crippen MR) is 135 cm³/mol. The molecule has 0 aliphatic carbocycles. The third-order valence-corrected chi connectivity index (χ3v) is 6.26. The van der Waals surface area contributed by atoms with Gasteiger partial charge in [-0.25, -0.2) is 0 Å². The summed E-state index contributed by atoms with van der Waals surface area (Å²) in [7, 11) is 4.02. The van der Waals surface area contributed by atoms with E-state index in [1.165, 1.54) is 0 Å². The maximum absolute atomic E-state index is 13.7. The summed E-state index contributed by atoms with van der Waals surface area (Å²) in [4.78, 5) is 31.0. The Morgan fingerprint density at radius 1 is 1.12 bits per heavy atom. The molecule has 0 N–H and O–H groups in total. The number of amides is 1. The van der Waals surface area contributed by atoms with Crippen molar-refractivity contribution in [3.63, 3.8) is 0 Å². The number of hydrogen-bond acceptors (Lipinski definition) is 5. The van der Waals surface area contributed by atoms with Gasteiger partial charge in [0.05, 0.1) is 23.6 Å². The molecule has 2 aromatic carbocycles. The third kappa shape index (κ3) is 4.87. The van der Waals surface area contributed by atoms with E-state index in [1.807, 2.05) is 57.4 Å². The van der Waals surface area contributed by atoms with Crippen molar-refractivity contribution in [2.75, 3.05) is 33.8 Å². The van der Waals surface area contributed by atoms with Crippen LogP contribution in [0.1, 0.15) is 60.0 Å². The molecule has 180 valence electrons. The number of benzene rings is 2. The van der Waals surface area contributed by atoms with E-state index in [4.69, 9.17) is 9.15 Å². The number of carbonyl (C=O) groups is 1. The monoisotopic (exact) mass is 462 g/mol. The number of carbonyl (C=O) groups excluding carboxylic acids is 1. The van der Waals surface area contributed by atoms with Crippen LogP contribution >= 0.6 is 0 Å². The molecule has 1 aromatic heterocycles. The highest BCUT2D eigenvalue weighted by Crippen LogP contribution is 2.39. The molecule has 0 spiro atoms. The van der Waals surface area contributed by atoms with Gasteiger partial charge in [-0.05, 0) is 76.2 Å². The maximum atomic E-state index is 13.7. The van der Waals surface area contributed by atoms with Crippen LogP contribution in [0.25, 0.3) is 11.0 Å². The molecule has 1 aliphatic rings. The number of rotatable bonds is 9. The summed E-state index contributed by atoms with van der Waals surface area (Å²) >= 11 is 0. The highest BCUT2D eigenvalue weighted by molar-refractivity contribution is 5.99. The minimum Gasteiger partial charge on any atom is -0.494 e. The highest BCUT2D eigenvalue weighted by Gasteiger charge is 2.42. The number of nitrogens with zero attached hydrogens (tertiary/aromatic N) is 2. The fourth-order valence-electron chi connectivity index (χ4n) is 4.46. The van der Waals surface area contributed by atoms with E-state index in [2.05, 4.69) is 18.7 Å². The Morgan fingerprint density at radius 3 is 2.65 bits per heavy atom. The van der Waals surface area contributed by atoms with Gasteiger partial charge in [0.25, 0.3) is 5.91 Å². The molecule has 0 fully saturated rings. The van der Waals surface area contributed by atoms with Gasteiger partial charge < -0.3 is 19.0 Å². The van der Waals surface area contributed by atoms with E-state index in [0.717, 1.165) is 36.3 Å². The lowest BCUT2D eigenvalue weighted by Gasteiger charge is -2.26. The minimum absolute atomic E-state index is 0.139. The first kappa shape index (κ1) is 24.0. The molecule has 1 amide bonds. The summed E-state index contributed by atoms with van der Waals surface area (Å²) in [5.41, 5.74) is 2.57. The van der Waals surface area contributed by atoms with Crippen LogP contribution in [0, 0.1) is 12.8 Å². The van der Waals surface area contributed by atoms with Gasteiger partial charge in [-0.2, -0.15) is 0 Å². The average molecular weight is 463 g/mol. The third-order valence-electron chi connectivity index (χ3n) is 6.26. The van der Waals surface area contributed by atoms with Crippen molar-refractivity contribution in [1.82, 2.24) is 9.80 Å². The van der Waals surface area contributed by atoms with E-state index in [1.54, 1.807) is 11.0 Å². The van der Waals surface area contributed by atoms with Crippen molar-refractivity contribution in [3.05, 3.63) is 75.1 Å². The van der Waals surface area contributed by atoms with Crippen LogP contribution in [0.5, 0.6) is 5.75 Å². The second-order valence-corrected chi connectivity index (χ2v) is 9.83. The van der Waals surface area contributed by atoms with Gasteiger partial charge in [0.15, 0.2) is 5.43 Å². The van der Waals surface area contributed by atoms with Crippen LogP contribution in [0.2, 0.25) is 0 Å². The summed E-state index contributed by atoms with van der Waals surface area (Å²) in [6.07, 6.45) is 1.75. The number of aryl methyl sites for hydroxylation is 1. The molecule has 34 heavy (non-hydrogen) atoms. The van der Waals surface area contributed by atoms with E-state index in [0.29, 0.717) is 35.6 Å². The molecule has 0 saturated heterocycles. The van der Waals surface area contributed by atoms with Gasteiger partial charge in [0, 0.05) is 6.54 Å². The Labute approximate surface area is 201 Å². The molecule has 0 bridgehead atoms.